The van der Waals surface area contributed by atoms with Crippen molar-refractivity contribution in [2.45, 2.75) is 0 Å². The molecule has 0 aliphatic carbocycles. The van der Waals surface area contributed by atoms with E-state index in [4.69, 9.17) is 8.94 Å². The summed E-state index contributed by atoms with van der Waals surface area (Å²) in [5.74, 6) is 0.812. The number of hydrogen-bond donors (Lipinski definition) is 0. The lowest BCUT2D eigenvalue weighted by molar-refractivity contribution is 0.416. The quantitative estimate of drug-likeness (QED) is 0.720. The summed E-state index contributed by atoms with van der Waals surface area (Å²) in [7, 11) is 0. The molecule has 0 fully saturated rings. The molecule has 18 heavy (non-hydrogen) atoms. The molecule has 2 aromatic heterocycles. The average Bonchev–Trinajstić information content (AvgIpc) is 2.98. The molecule has 90 valence electrons. The topological polar surface area (TPSA) is 52.1 Å². The van der Waals surface area contributed by atoms with Gasteiger partial charge in [-0.05, 0) is 46.3 Å². The Balaban J connectivity index is 1.99. The number of hydrogen-bond acceptors (Lipinski definition) is 4. The van der Waals surface area contributed by atoms with Gasteiger partial charge in [-0.25, -0.2) is 4.39 Å². The molecular formula is C12H6BrFN2O2. The maximum absolute atomic E-state index is 12.8. The number of benzene rings is 1. The Morgan fingerprint density at radius 3 is 2.56 bits per heavy atom. The van der Waals surface area contributed by atoms with E-state index in [1.165, 1.54) is 18.4 Å². The molecule has 0 aliphatic heterocycles. The van der Waals surface area contributed by atoms with E-state index < -0.39 is 0 Å². The molecule has 0 aliphatic rings. The van der Waals surface area contributed by atoms with Crippen LogP contribution in [0.3, 0.4) is 0 Å². The van der Waals surface area contributed by atoms with Crippen LogP contribution in [0.1, 0.15) is 0 Å². The van der Waals surface area contributed by atoms with Crippen molar-refractivity contribution < 1.29 is 13.3 Å². The highest BCUT2D eigenvalue weighted by molar-refractivity contribution is 9.10. The van der Waals surface area contributed by atoms with Crippen molar-refractivity contribution in [3.05, 3.63) is 46.9 Å². The molecule has 2 heterocycles. The van der Waals surface area contributed by atoms with Gasteiger partial charge in [0, 0.05) is 5.56 Å². The van der Waals surface area contributed by atoms with Crippen molar-refractivity contribution in [2.24, 2.45) is 0 Å². The zero-order chi connectivity index (χ0) is 12.5. The molecule has 0 bridgehead atoms. The zero-order valence-electron chi connectivity index (χ0n) is 8.93. The Morgan fingerprint density at radius 1 is 1.11 bits per heavy atom. The fraction of sp³-hybridized carbons (Fsp3) is 0. The lowest BCUT2D eigenvalue weighted by Gasteiger charge is -1.92. The number of halogens is 2. The molecular weight excluding hydrogens is 303 g/mol. The first-order valence-corrected chi connectivity index (χ1v) is 5.86. The van der Waals surface area contributed by atoms with E-state index in [9.17, 15) is 4.39 Å². The smallest absolute Gasteiger partial charge is 0.295 e. The minimum absolute atomic E-state index is 0.270. The van der Waals surface area contributed by atoms with Crippen LogP contribution in [-0.2, 0) is 0 Å². The van der Waals surface area contributed by atoms with Gasteiger partial charge in [-0.3, -0.25) is 0 Å². The van der Waals surface area contributed by atoms with Crippen LogP contribution in [0, 0.1) is 5.82 Å². The Hall–Kier alpha value is -1.95. The molecule has 0 saturated carbocycles. The fourth-order valence-electron chi connectivity index (χ4n) is 1.48. The predicted molar refractivity (Wildman–Crippen MR) is 65.1 cm³/mol. The summed E-state index contributed by atoms with van der Waals surface area (Å²) in [6.45, 7) is 0. The van der Waals surface area contributed by atoms with Crippen LogP contribution < -0.4 is 0 Å². The third-order valence-electron chi connectivity index (χ3n) is 2.34. The van der Waals surface area contributed by atoms with Crippen LogP contribution in [0.15, 0.2) is 50.0 Å². The average molecular weight is 309 g/mol. The van der Waals surface area contributed by atoms with Crippen LogP contribution in [-0.4, -0.2) is 10.1 Å². The fourth-order valence-corrected chi connectivity index (χ4v) is 1.85. The van der Waals surface area contributed by atoms with Gasteiger partial charge in [0.25, 0.3) is 5.89 Å². The summed E-state index contributed by atoms with van der Waals surface area (Å²) in [5, 5.41) is 3.82. The summed E-state index contributed by atoms with van der Waals surface area (Å²) in [4.78, 5) is 4.19. The Labute approximate surface area is 110 Å². The molecule has 0 radical (unpaired) electrons. The molecule has 1 aromatic carbocycles. The first kappa shape index (κ1) is 11.2. The molecule has 0 amide bonds. The molecule has 0 N–H and O–H groups in total. The van der Waals surface area contributed by atoms with Gasteiger partial charge >= 0.3 is 0 Å². The summed E-state index contributed by atoms with van der Waals surface area (Å²) in [6, 6.07) is 7.59. The van der Waals surface area contributed by atoms with E-state index in [0.29, 0.717) is 17.1 Å². The summed E-state index contributed by atoms with van der Waals surface area (Å²) in [6.07, 6.45) is 1.52. The zero-order valence-corrected chi connectivity index (χ0v) is 10.5. The van der Waals surface area contributed by atoms with Gasteiger partial charge in [-0.15, -0.1) is 0 Å². The summed E-state index contributed by atoms with van der Waals surface area (Å²) < 4.78 is 23.8. The Morgan fingerprint density at radius 2 is 1.89 bits per heavy atom. The van der Waals surface area contributed by atoms with Gasteiger partial charge in [0.1, 0.15) is 5.82 Å². The maximum atomic E-state index is 12.8. The van der Waals surface area contributed by atoms with Crippen molar-refractivity contribution in [1.82, 2.24) is 10.1 Å². The van der Waals surface area contributed by atoms with Gasteiger partial charge in [0.2, 0.25) is 11.6 Å². The second kappa shape index (κ2) is 4.38. The van der Waals surface area contributed by atoms with Crippen molar-refractivity contribution in [1.29, 1.82) is 0 Å². The third kappa shape index (κ3) is 1.95. The molecule has 3 rings (SSSR count). The van der Waals surface area contributed by atoms with Crippen LogP contribution in [0.5, 0.6) is 0 Å². The van der Waals surface area contributed by atoms with Crippen molar-refractivity contribution in [2.75, 3.05) is 0 Å². The van der Waals surface area contributed by atoms with Crippen LogP contribution in [0.25, 0.3) is 23.0 Å². The number of aromatic nitrogens is 2. The molecule has 3 aromatic rings. The van der Waals surface area contributed by atoms with Gasteiger partial charge in [-0.1, -0.05) is 5.16 Å². The first-order valence-electron chi connectivity index (χ1n) is 5.07. The number of nitrogens with zero attached hydrogens (tertiary/aromatic N) is 2. The van der Waals surface area contributed by atoms with E-state index in [2.05, 4.69) is 26.1 Å². The van der Waals surface area contributed by atoms with Gasteiger partial charge in [-0.2, -0.15) is 4.98 Å². The van der Waals surface area contributed by atoms with Gasteiger partial charge < -0.3 is 8.94 Å². The Kier molecular flexibility index (Phi) is 2.71. The van der Waals surface area contributed by atoms with E-state index in [1.54, 1.807) is 18.2 Å². The lowest BCUT2D eigenvalue weighted by atomic mass is 10.2. The van der Waals surface area contributed by atoms with Crippen LogP contribution in [0.2, 0.25) is 0 Å². The van der Waals surface area contributed by atoms with Gasteiger partial charge in [0.05, 0.1) is 10.7 Å². The highest BCUT2D eigenvalue weighted by atomic mass is 79.9. The molecule has 0 saturated heterocycles. The largest absolute Gasteiger partial charge is 0.458 e. The first-order chi connectivity index (χ1) is 8.74. The number of furan rings is 1. The lowest BCUT2D eigenvalue weighted by Crippen LogP contribution is -1.81. The highest BCUT2D eigenvalue weighted by Crippen LogP contribution is 2.29. The molecule has 6 heteroatoms. The molecule has 4 nitrogen and oxygen atoms in total. The van der Waals surface area contributed by atoms with E-state index in [0.717, 1.165) is 4.47 Å². The highest BCUT2D eigenvalue weighted by Gasteiger charge is 2.15. The number of rotatable bonds is 2. The third-order valence-corrected chi connectivity index (χ3v) is 2.96. The standard InChI is InChI=1S/C12H6BrFN2O2/c13-9-5-6-17-10(9)12-15-11(16-18-12)7-1-3-8(14)4-2-7/h1-6H. The van der Waals surface area contributed by atoms with E-state index in [1.807, 2.05) is 0 Å². The Bertz CT molecular complexity index is 675. The monoisotopic (exact) mass is 308 g/mol. The second-order valence-corrected chi connectivity index (χ2v) is 4.38. The molecule has 0 atom stereocenters. The molecule has 0 unspecified atom stereocenters. The predicted octanol–water partition coefficient (Wildman–Crippen LogP) is 3.90. The minimum Gasteiger partial charge on any atom is -0.458 e. The van der Waals surface area contributed by atoms with Crippen molar-refractivity contribution >= 4 is 15.9 Å². The van der Waals surface area contributed by atoms with Crippen molar-refractivity contribution in [3.63, 3.8) is 0 Å². The van der Waals surface area contributed by atoms with Crippen molar-refractivity contribution in [3.8, 4) is 23.0 Å². The van der Waals surface area contributed by atoms with E-state index >= 15 is 0 Å². The SMILES string of the molecule is Fc1ccc(-c2noc(-c3occc3Br)n2)cc1. The summed E-state index contributed by atoms with van der Waals surface area (Å²) in [5.41, 5.74) is 0.675. The molecule has 0 spiro atoms. The second-order valence-electron chi connectivity index (χ2n) is 3.53. The normalized spacial score (nSPS) is 10.8. The van der Waals surface area contributed by atoms with Crippen LogP contribution >= 0.6 is 15.9 Å². The van der Waals surface area contributed by atoms with Crippen LogP contribution in [0.4, 0.5) is 4.39 Å². The van der Waals surface area contributed by atoms with Gasteiger partial charge in [0.15, 0.2) is 0 Å². The minimum atomic E-state index is -0.309. The summed E-state index contributed by atoms with van der Waals surface area (Å²) >= 11 is 3.31. The maximum Gasteiger partial charge on any atom is 0.295 e. The van der Waals surface area contributed by atoms with E-state index in [-0.39, 0.29) is 11.7 Å².